The van der Waals surface area contributed by atoms with Crippen LogP contribution >= 0.6 is 89.9 Å². The molecule has 8 N–H and O–H groups in total. The van der Waals surface area contributed by atoms with Gasteiger partial charge in [-0.1, -0.05) is 135 Å². The molecule has 798 valence electrons. The first kappa shape index (κ1) is 136. The van der Waals surface area contributed by atoms with Crippen LogP contribution in [0.15, 0.2) is 181 Å². The number of allylic oxidation sites excluding steroid dienone is 4. The van der Waals surface area contributed by atoms with Crippen LogP contribution in [0.4, 0.5) is 79.0 Å². The number of aromatic hydroxyl groups is 6. The van der Waals surface area contributed by atoms with Crippen molar-refractivity contribution in [3.63, 3.8) is 0 Å². The Morgan fingerprint density at radius 1 is 0.434 bits per heavy atom. The monoisotopic (exact) mass is 2410 g/mol. The molecule has 0 aliphatic heterocycles. The second-order valence-electron chi connectivity index (χ2n) is 28.3. The third-order valence-electron chi connectivity index (χ3n) is 17.7. The van der Waals surface area contributed by atoms with Gasteiger partial charge >= 0.3 is 98.7 Å². The number of carbonyl (C=O) groups excluding carboxylic acids is 3. The second-order valence-corrected chi connectivity index (χ2v) is 36.7. The van der Waals surface area contributed by atoms with Crippen molar-refractivity contribution < 1.29 is 233 Å². The number of ether oxygens (including phenoxy) is 4. The molecule has 0 radical (unpaired) electrons. The van der Waals surface area contributed by atoms with Gasteiger partial charge in [-0.15, -0.1) is 4.52 Å². The Kier molecular flexibility index (Phi) is 60.9. The van der Waals surface area contributed by atoms with Gasteiger partial charge in [0.25, 0.3) is 0 Å². The van der Waals surface area contributed by atoms with Crippen LogP contribution in [0.25, 0.3) is 0 Å². The summed E-state index contributed by atoms with van der Waals surface area (Å²) in [6, 6.07) is 46.6. The molecule has 0 spiro atoms. The molecule has 1 aliphatic carbocycles. The maximum Gasteiger partial charge on any atom is 1.00 e. The number of halogens is 20. The average molecular weight is 2410 g/mol. The molecular formula is C93H103F18I2NaO26P4S. The Hall–Kier alpha value is -8.55. The number of carboxylic acids is 1. The van der Waals surface area contributed by atoms with E-state index in [1.807, 2.05) is 125 Å². The van der Waals surface area contributed by atoms with Crippen LogP contribution in [-0.4, -0.2) is 116 Å². The predicted molar refractivity (Wildman–Crippen MR) is 515 cm³/mol. The van der Waals surface area contributed by atoms with E-state index in [2.05, 4.69) is 86.6 Å². The summed E-state index contributed by atoms with van der Waals surface area (Å²) in [6.45, 7) is 24.9. The molecular weight excluding hydrogens is 2310 g/mol. The average Bonchev–Trinajstić information content (AvgIpc) is 0.760. The zero-order valence-electron chi connectivity index (χ0n) is 79.9. The van der Waals surface area contributed by atoms with E-state index in [0.29, 0.717) is 56.8 Å². The Labute approximate surface area is 880 Å². The molecule has 145 heavy (non-hydrogen) atoms. The van der Waals surface area contributed by atoms with Crippen molar-refractivity contribution in [2.75, 3.05) is 45.4 Å². The largest absolute Gasteiger partial charge is 1.00 e. The van der Waals surface area contributed by atoms with E-state index in [1.54, 1.807) is 26.0 Å². The molecule has 0 heterocycles. The molecule has 10 rings (SSSR count). The van der Waals surface area contributed by atoms with E-state index in [-0.39, 0.29) is 114 Å². The van der Waals surface area contributed by atoms with Gasteiger partial charge in [-0.2, -0.15) is 91.7 Å². The Morgan fingerprint density at radius 2 is 0.786 bits per heavy atom. The van der Waals surface area contributed by atoms with Gasteiger partial charge in [0.05, 0.1) is 46.8 Å². The topological polar surface area (TPSA) is 403 Å². The summed E-state index contributed by atoms with van der Waals surface area (Å²) >= 11 is 8.37. The van der Waals surface area contributed by atoms with Gasteiger partial charge in [0, 0.05) is 17.2 Å². The van der Waals surface area contributed by atoms with Crippen molar-refractivity contribution in [3.8, 4) is 57.5 Å². The second kappa shape index (κ2) is 64.8. The molecule has 26 nitrogen and oxygen atoms in total. The summed E-state index contributed by atoms with van der Waals surface area (Å²) in [5.41, 5.74) is -2.72. The van der Waals surface area contributed by atoms with Crippen molar-refractivity contribution >= 4 is 118 Å². The fourth-order valence-corrected chi connectivity index (χ4v) is 16.2. The van der Waals surface area contributed by atoms with Crippen LogP contribution in [-0.2, 0) is 113 Å². The van der Waals surface area contributed by atoms with Gasteiger partial charge in [-0.3, -0.25) is 18.7 Å². The number of carbonyl (C=O) groups is 3. The number of rotatable bonds is 27. The third kappa shape index (κ3) is 47.5. The van der Waals surface area contributed by atoms with Crippen LogP contribution in [0.5, 0.6) is 57.5 Å². The zero-order chi connectivity index (χ0) is 111. The van der Waals surface area contributed by atoms with E-state index in [4.69, 9.17) is 71.5 Å². The first-order valence-electron chi connectivity index (χ1n) is 41.8. The summed E-state index contributed by atoms with van der Waals surface area (Å²) in [7, 11) is -13.5. The molecule has 0 fully saturated rings. The maximum atomic E-state index is 13.5. The van der Waals surface area contributed by atoms with E-state index in [0.717, 1.165) is 72.6 Å². The first-order chi connectivity index (χ1) is 66.7. The molecule has 0 amide bonds. The molecule has 9 aromatic carbocycles. The van der Waals surface area contributed by atoms with Crippen molar-refractivity contribution in [2.24, 2.45) is 0 Å². The third-order valence-corrected chi connectivity index (χ3v) is 24.5. The van der Waals surface area contributed by atoms with Gasteiger partial charge in [-0.05, 0) is 238 Å². The molecule has 1 unspecified atom stereocenters. The predicted octanol–water partition coefficient (Wildman–Crippen LogP) is 21.2. The number of carboxylic acid groups (broad SMARTS) is 1. The fraction of sp³-hybridized carbons (Fsp3) is 0.344. The van der Waals surface area contributed by atoms with Gasteiger partial charge in [-0.25, -0.2) is 0 Å². The summed E-state index contributed by atoms with van der Waals surface area (Å²) in [5.74, 6) is -7.94. The molecule has 1 atom stereocenters. The summed E-state index contributed by atoms with van der Waals surface area (Å²) in [4.78, 5) is 57.6. The molecule has 9 aromatic rings. The standard InChI is InChI=1S/C22H19F3O2.C20H16I2O2.C14H20F3O5P.C9H10F3O5P.C8H7F3O2.C8H5F3O2.C6H15O3P.C2HF3O2.C2H5O3P.C2H6S.Na/c1-16-12-21(27-15-18-10-6-3-7-11-18)19(22(23,24)25)13-20(16)26-14-17-8-4-2-5-9-17;21-17-12-20(24-14-16-9-5-2-6-10-16)18(22)11-19(17)23-13-15-7-3-1-4-8-15;1-5-9-8(4)11(18)13(10(12(9)19)14(15,16)17)23(20,21-6-2)22-7-3;1-3-4(2)7(14)8(18(15,16)17)5(6(3)13)9(10,11)12;2*1-4-2-7(13)5(3-6(4)12)8(9,10)11;1-4-7-10(8-5-2)9-6-3;3-2(4,5)1(6)7;1-2-5-6(3)4;1-2-3;/h2-13H,14-15H2,1H3;1-12H,13-14H2;18-19H,5-7H2,1-4H3;13-14H,1-2H3,(H2,15,16,17);2-3,12-13H,1H3;2-3H,1H3;4-6H2,1-3H3;(H,6,7);2H2,1H3;3H,2H2,1H3;/q;;;;;;;;;;+1/p-1. The van der Waals surface area contributed by atoms with Crippen molar-refractivity contribution in [1.29, 1.82) is 0 Å². The Balaban J connectivity index is 0.00000165. The van der Waals surface area contributed by atoms with Gasteiger partial charge in [0.1, 0.15) is 128 Å². The summed E-state index contributed by atoms with van der Waals surface area (Å²) < 4.78 is 311. The number of hydrogen-bond donors (Lipinski definition) is 9. The SMILES string of the molecule is CC1=CC(=O)C(C(F)(F)F)=CC1=O.CCOP(=O)(OCC)c1c(O)c(C)c(CC)c(O)c1C(F)(F)F.CCOP(OCC)OCC.CCO[P+](=O)[O-].CCS.Cc1c(C)c(O)c(P(=O)(O)O)c(C(F)(F)F)c1O.Cc1cc(O)c(C(F)(F)F)cc1O.Cc1cc(OCc2ccccc2)c(C(F)(F)F)cc1OCc1ccccc1.Ic1cc(OCc2ccccc2)c(I)cc1OCc1ccccc1.O=C([O-])C(F)(F)F.[Na+]. The van der Waals surface area contributed by atoms with E-state index < -0.39 is 160 Å². The number of aliphatic carboxylic acids is 1. The van der Waals surface area contributed by atoms with Crippen LogP contribution in [0.1, 0.15) is 140 Å². The number of alkyl halides is 18. The van der Waals surface area contributed by atoms with Crippen molar-refractivity contribution in [3.05, 3.63) is 266 Å². The number of phenols is 6. The summed E-state index contributed by atoms with van der Waals surface area (Å²) in [6.07, 6.45) is -28.3. The zero-order valence-corrected chi connectivity index (χ0v) is 90.7. The number of thiol groups is 1. The minimum atomic E-state index is -5.39. The number of ketones is 2. The Morgan fingerprint density at radius 3 is 1.10 bits per heavy atom. The minimum Gasteiger partial charge on any atom is -0.566 e. The van der Waals surface area contributed by atoms with Gasteiger partial charge in [0.2, 0.25) is 0 Å². The molecule has 1 aliphatic rings. The smallest absolute Gasteiger partial charge is 0.566 e. The fourth-order valence-electron chi connectivity index (χ4n) is 11.0. The Bertz CT molecular complexity index is 5660. The summed E-state index contributed by atoms with van der Waals surface area (Å²) in [5, 5.41) is 63.2. The van der Waals surface area contributed by atoms with E-state index in [1.165, 1.54) is 47.6 Å². The van der Waals surface area contributed by atoms with Crippen molar-refractivity contribution in [1.82, 2.24) is 0 Å². The normalized spacial score (nSPS) is 12.0. The van der Waals surface area contributed by atoms with Crippen LogP contribution in [0.3, 0.4) is 0 Å². The molecule has 0 saturated heterocycles. The maximum absolute atomic E-state index is 13.5. The number of benzene rings is 9. The van der Waals surface area contributed by atoms with Crippen molar-refractivity contribution in [2.45, 2.75) is 167 Å². The quantitative estimate of drug-likeness (QED) is 0.00439. The number of phenolic OH excluding ortho intramolecular Hbond substituents is 6. The van der Waals surface area contributed by atoms with Crippen LogP contribution < -0.4 is 69.1 Å². The van der Waals surface area contributed by atoms with Crippen LogP contribution in [0.2, 0.25) is 0 Å². The number of hydrogen-bond acceptors (Lipinski definition) is 25. The van der Waals surface area contributed by atoms with Gasteiger partial charge in [0.15, 0.2) is 11.6 Å². The van der Waals surface area contributed by atoms with E-state index in [9.17, 15) is 128 Å². The number of aryl methyl sites for hydroxylation is 2. The molecule has 0 saturated carbocycles. The molecule has 0 aromatic heterocycles. The van der Waals surface area contributed by atoms with Gasteiger partial charge < -0.3 is 96.8 Å². The van der Waals surface area contributed by atoms with E-state index >= 15 is 0 Å². The van der Waals surface area contributed by atoms with Crippen LogP contribution in [0, 0.1) is 41.8 Å². The molecule has 52 heteroatoms. The molecule has 0 bridgehead atoms. The minimum absolute atomic E-state index is 0. The first-order valence-corrected chi connectivity index (χ1v) is 50.0.